The van der Waals surface area contributed by atoms with Crippen LogP contribution < -0.4 is 4.74 Å². The Bertz CT molecular complexity index is 1230. The van der Waals surface area contributed by atoms with Crippen molar-refractivity contribution in [1.29, 1.82) is 0 Å². The molecule has 0 amide bonds. The highest BCUT2D eigenvalue weighted by atomic mass is 19.4. The number of imidazole rings is 1. The first-order chi connectivity index (χ1) is 14.5. The smallest absolute Gasteiger partial charge is 0.425 e. The molecule has 31 heavy (non-hydrogen) atoms. The summed E-state index contributed by atoms with van der Waals surface area (Å²) in [4.78, 5) is 11.1. The Morgan fingerprint density at radius 1 is 1.00 bits per heavy atom. The van der Waals surface area contributed by atoms with E-state index in [0.717, 1.165) is 12.1 Å². The van der Waals surface area contributed by atoms with E-state index in [1.54, 1.807) is 18.2 Å². The van der Waals surface area contributed by atoms with Gasteiger partial charge in [-0.1, -0.05) is 5.16 Å². The number of alkyl halides is 6. The van der Waals surface area contributed by atoms with Gasteiger partial charge >= 0.3 is 12.4 Å². The molecule has 162 valence electrons. The highest BCUT2D eigenvalue weighted by molar-refractivity contribution is 5.80. The van der Waals surface area contributed by atoms with Crippen LogP contribution in [0.4, 0.5) is 26.3 Å². The molecule has 1 N–H and O–H groups in total. The highest BCUT2D eigenvalue weighted by Gasteiger charge is 2.41. The Morgan fingerprint density at radius 3 is 2.45 bits per heavy atom. The number of nitrogens with zero attached hydrogens (tertiary/aromatic N) is 3. The second-order valence-electron chi connectivity index (χ2n) is 6.57. The van der Waals surface area contributed by atoms with Crippen molar-refractivity contribution in [3.63, 3.8) is 0 Å². The molecule has 0 bridgehead atoms. The van der Waals surface area contributed by atoms with Crippen molar-refractivity contribution in [2.45, 2.75) is 25.4 Å². The molecule has 0 aliphatic heterocycles. The fourth-order valence-corrected chi connectivity index (χ4v) is 2.78. The van der Waals surface area contributed by atoms with Gasteiger partial charge in [0.05, 0.1) is 22.9 Å². The molecule has 2 heterocycles. The molecular formula is C19H12F6N4O2. The number of benzene rings is 2. The van der Waals surface area contributed by atoms with Crippen molar-refractivity contribution in [3.8, 4) is 28.6 Å². The molecule has 2 aromatic heterocycles. The first-order valence-electron chi connectivity index (χ1n) is 8.74. The minimum absolute atomic E-state index is 0.117. The van der Waals surface area contributed by atoms with Crippen LogP contribution in [0.5, 0.6) is 5.75 Å². The van der Waals surface area contributed by atoms with Gasteiger partial charge in [-0.25, -0.2) is 4.98 Å². The average molecular weight is 442 g/mol. The molecule has 4 aromatic rings. The van der Waals surface area contributed by atoms with Crippen LogP contribution in [0.1, 0.15) is 12.5 Å². The zero-order valence-electron chi connectivity index (χ0n) is 15.5. The van der Waals surface area contributed by atoms with Gasteiger partial charge in [-0.05, 0) is 43.3 Å². The Morgan fingerprint density at radius 2 is 1.74 bits per heavy atom. The summed E-state index contributed by atoms with van der Waals surface area (Å²) < 4.78 is 88.0. The van der Waals surface area contributed by atoms with Crippen LogP contribution in [0, 0.1) is 0 Å². The van der Waals surface area contributed by atoms with Crippen LogP contribution in [0.15, 0.2) is 47.2 Å². The molecule has 12 heteroatoms. The maximum Gasteiger partial charge on any atom is 0.425 e. The molecule has 0 fully saturated rings. The van der Waals surface area contributed by atoms with Crippen molar-refractivity contribution < 1.29 is 35.6 Å². The van der Waals surface area contributed by atoms with Gasteiger partial charge in [-0.15, -0.1) is 0 Å². The van der Waals surface area contributed by atoms with Crippen molar-refractivity contribution >= 4 is 11.0 Å². The highest BCUT2D eigenvalue weighted by Crippen LogP contribution is 2.40. The molecule has 0 aliphatic rings. The molecule has 0 aliphatic carbocycles. The Labute approximate surface area is 169 Å². The zero-order chi connectivity index (χ0) is 22.4. The van der Waals surface area contributed by atoms with E-state index in [-0.39, 0.29) is 17.3 Å². The lowest BCUT2D eigenvalue weighted by Crippen LogP contribution is -2.31. The number of rotatable bonds is 4. The van der Waals surface area contributed by atoms with Gasteiger partial charge < -0.3 is 14.2 Å². The third kappa shape index (κ3) is 4.18. The minimum Gasteiger partial charge on any atom is -0.481 e. The van der Waals surface area contributed by atoms with Gasteiger partial charge in [0.25, 0.3) is 5.89 Å². The van der Waals surface area contributed by atoms with Crippen LogP contribution in [0.2, 0.25) is 0 Å². The fourth-order valence-electron chi connectivity index (χ4n) is 2.78. The largest absolute Gasteiger partial charge is 0.481 e. The van der Waals surface area contributed by atoms with Crippen molar-refractivity contribution in [3.05, 3.63) is 48.3 Å². The summed E-state index contributed by atoms with van der Waals surface area (Å²) in [5.41, 5.74) is 0.414. The third-order valence-corrected chi connectivity index (χ3v) is 4.40. The van der Waals surface area contributed by atoms with E-state index < -0.39 is 29.8 Å². The van der Waals surface area contributed by atoms with Crippen LogP contribution in [-0.2, 0) is 6.18 Å². The van der Waals surface area contributed by atoms with Gasteiger partial charge in [0, 0.05) is 11.1 Å². The van der Waals surface area contributed by atoms with Gasteiger partial charge in [-0.2, -0.15) is 31.3 Å². The lowest BCUT2D eigenvalue weighted by atomic mass is 10.1. The van der Waals surface area contributed by atoms with E-state index in [4.69, 9.17) is 4.52 Å². The first-order valence-corrected chi connectivity index (χ1v) is 8.74. The van der Waals surface area contributed by atoms with E-state index in [1.165, 1.54) is 6.33 Å². The molecule has 1 unspecified atom stereocenters. The summed E-state index contributed by atoms with van der Waals surface area (Å²) in [6, 6.07) is 7.56. The Hall–Kier alpha value is -3.57. The van der Waals surface area contributed by atoms with Gasteiger partial charge in [0.2, 0.25) is 5.82 Å². The number of hydrogen-bond acceptors (Lipinski definition) is 5. The van der Waals surface area contributed by atoms with Crippen molar-refractivity contribution in [2.24, 2.45) is 0 Å². The third-order valence-electron chi connectivity index (χ3n) is 4.40. The summed E-state index contributed by atoms with van der Waals surface area (Å²) in [5.74, 6) is -1.07. The SMILES string of the molecule is CC(Oc1ccc(-c2nc(-c3ccc4nc[nH]c4c3)no2)cc1C(F)(F)F)C(F)(F)F. The van der Waals surface area contributed by atoms with Crippen LogP contribution in [-0.4, -0.2) is 32.4 Å². The molecule has 6 nitrogen and oxygen atoms in total. The number of aromatic nitrogens is 4. The molecule has 2 aromatic carbocycles. The summed E-state index contributed by atoms with van der Waals surface area (Å²) in [6.07, 6.45) is -10.7. The number of nitrogens with one attached hydrogen (secondary N) is 1. The van der Waals surface area contributed by atoms with Crippen molar-refractivity contribution in [1.82, 2.24) is 20.1 Å². The van der Waals surface area contributed by atoms with E-state index in [2.05, 4.69) is 24.8 Å². The summed E-state index contributed by atoms with van der Waals surface area (Å²) >= 11 is 0. The quantitative estimate of drug-likeness (QED) is 0.415. The predicted molar refractivity (Wildman–Crippen MR) is 96.0 cm³/mol. The molecule has 0 spiro atoms. The molecule has 0 saturated carbocycles. The lowest BCUT2D eigenvalue weighted by Gasteiger charge is -2.20. The maximum absolute atomic E-state index is 13.4. The van der Waals surface area contributed by atoms with Gasteiger partial charge in [-0.3, -0.25) is 0 Å². The first kappa shape index (κ1) is 20.7. The van der Waals surface area contributed by atoms with E-state index in [1.807, 2.05) is 0 Å². The molecule has 4 rings (SSSR count). The zero-order valence-corrected chi connectivity index (χ0v) is 15.5. The maximum atomic E-state index is 13.4. The molecule has 0 radical (unpaired) electrons. The number of hydrogen-bond donors (Lipinski definition) is 1. The lowest BCUT2D eigenvalue weighted by molar-refractivity contribution is -0.191. The predicted octanol–water partition coefficient (Wildman–Crippen LogP) is 5.63. The van der Waals surface area contributed by atoms with Crippen molar-refractivity contribution in [2.75, 3.05) is 0 Å². The minimum atomic E-state index is -4.97. The summed E-state index contributed by atoms with van der Waals surface area (Å²) in [5, 5.41) is 3.77. The van der Waals surface area contributed by atoms with Gasteiger partial charge in [0.15, 0.2) is 6.10 Å². The summed E-state index contributed by atoms with van der Waals surface area (Å²) in [6.45, 7) is 0.620. The second kappa shape index (κ2) is 7.29. The average Bonchev–Trinajstić information content (AvgIpc) is 3.35. The Kier molecular flexibility index (Phi) is 4.86. The number of fused-ring (bicyclic) bond motifs is 1. The normalized spacial score (nSPS) is 13.5. The number of halogens is 6. The van der Waals surface area contributed by atoms with Crippen LogP contribution >= 0.6 is 0 Å². The standard InChI is InChI=1S/C19H12F6N4O2/c1-9(18(20,21)22)30-15-5-3-11(6-12(15)19(23,24)25)17-28-16(29-31-17)10-2-4-13-14(7-10)27-8-26-13/h2-9H,1H3,(H,26,27). The fraction of sp³-hybridized carbons (Fsp3) is 0.211. The van der Waals surface area contributed by atoms with E-state index >= 15 is 0 Å². The number of ether oxygens (including phenoxy) is 1. The summed E-state index contributed by atoms with van der Waals surface area (Å²) in [7, 11) is 0. The molecule has 0 saturated heterocycles. The Balaban J connectivity index is 1.68. The topological polar surface area (TPSA) is 76.8 Å². The van der Waals surface area contributed by atoms with Gasteiger partial charge in [0.1, 0.15) is 5.75 Å². The van der Waals surface area contributed by atoms with E-state index in [9.17, 15) is 26.3 Å². The van der Waals surface area contributed by atoms with Crippen LogP contribution in [0.25, 0.3) is 33.9 Å². The van der Waals surface area contributed by atoms with E-state index in [0.29, 0.717) is 29.6 Å². The van der Waals surface area contributed by atoms with Crippen LogP contribution in [0.3, 0.4) is 0 Å². The number of H-pyrrole nitrogens is 1. The monoisotopic (exact) mass is 442 g/mol. The molecular weight excluding hydrogens is 430 g/mol. The second-order valence-corrected chi connectivity index (χ2v) is 6.57. The number of aromatic amines is 1. The molecule has 1 atom stereocenters.